The number of nitrogens with zero attached hydrogens (tertiary/aromatic N) is 3. The lowest BCUT2D eigenvalue weighted by Gasteiger charge is -2.26. The summed E-state index contributed by atoms with van der Waals surface area (Å²) in [5, 5.41) is 0. The molecule has 2 N–H and O–H groups in total. The molecule has 1 heterocycles. The van der Waals surface area contributed by atoms with Crippen molar-refractivity contribution in [2.75, 3.05) is 37.4 Å². The third kappa shape index (κ3) is 4.47. The molecule has 0 saturated carbocycles. The van der Waals surface area contributed by atoms with Gasteiger partial charge < -0.3 is 15.4 Å². The van der Waals surface area contributed by atoms with Gasteiger partial charge in [0.2, 0.25) is 5.95 Å². The Kier molecular flexibility index (Phi) is 5.64. The predicted molar refractivity (Wildman–Crippen MR) is 73.1 cm³/mol. The molecule has 0 saturated heterocycles. The summed E-state index contributed by atoms with van der Waals surface area (Å²) in [5.74, 6) is 1.65. The Morgan fingerprint density at radius 3 is 2.82 bits per heavy atom. The van der Waals surface area contributed by atoms with Gasteiger partial charge in [-0.25, -0.2) is 4.98 Å². The number of nitrogen functional groups attached to an aromatic ring is 1. The Bertz CT molecular complexity index is 359. The molecule has 0 spiro atoms. The van der Waals surface area contributed by atoms with Gasteiger partial charge in [0.15, 0.2) is 0 Å². The van der Waals surface area contributed by atoms with E-state index in [-0.39, 0.29) is 5.95 Å². The first-order chi connectivity index (χ1) is 8.04. The second kappa shape index (κ2) is 6.76. The molecule has 0 unspecified atom stereocenters. The van der Waals surface area contributed by atoms with Crippen LogP contribution in [0.25, 0.3) is 0 Å². The SMILES string of the molecule is COCCN(CC(C)C)c1nc(N)ncc1Br. The fourth-order valence-electron chi connectivity index (χ4n) is 1.52. The van der Waals surface area contributed by atoms with E-state index in [4.69, 9.17) is 10.5 Å². The monoisotopic (exact) mass is 302 g/mol. The van der Waals surface area contributed by atoms with E-state index in [1.165, 1.54) is 0 Å². The van der Waals surface area contributed by atoms with Crippen molar-refractivity contribution in [3.8, 4) is 0 Å². The Hall–Kier alpha value is -0.880. The van der Waals surface area contributed by atoms with Crippen molar-refractivity contribution in [3.05, 3.63) is 10.7 Å². The maximum Gasteiger partial charge on any atom is 0.222 e. The van der Waals surface area contributed by atoms with Gasteiger partial charge in [0.1, 0.15) is 5.82 Å². The molecule has 0 aliphatic rings. The van der Waals surface area contributed by atoms with Gasteiger partial charge in [-0.15, -0.1) is 0 Å². The molecule has 1 rings (SSSR count). The zero-order chi connectivity index (χ0) is 12.8. The molecule has 0 amide bonds. The molecule has 0 aliphatic heterocycles. The molecule has 0 fully saturated rings. The summed E-state index contributed by atoms with van der Waals surface area (Å²) in [6.07, 6.45) is 1.68. The zero-order valence-corrected chi connectivity index (χ0v) is 12.1. The minimum Gasteiger partial charge on any atom is -0.383 e. The summed E-state index contributed by atoms with van der Waals surface area (Å²) in [7, 11) is 1.69. The van der Waals surface area contributed by atoms with E-state index in [2.05, 4.69) is 44.6 Å². The van der Waals surface area contributed by atoms with Gasteiger partial charge in [-0.05, 0) is 21.8 Å². The average Bonchev–Trinajstić information content (AvgIpc) is 2.27. The van der Waals surface area contributed by atoms with Crippen molar-refractivity contribution in [1.29, 1.82) is 0 Å². The second-order valence-electron chi connectivity index (χ2n) is 4.23. The van der Waals surface area contributed by atoms with E-state index in [0.717, 1.165) is 23.4 Å². The lowest BCUT2D eigenvalue weighted by Crippen LogP contribution is -2.32. The van der Waals surface area contributed by atoms with Gasteiger partial charge in [-0.1, -0.05) is 13.8 Å². The normalized spacial score (nSPS) is 10.9. The van der Waals surface area contributed by atoms with Crippen molar-refractivity contribution in [3.63, 3.8) is 0 Å². The third-order valence-electron chi connectivity index (χ3n) is 2.19. The van der Waals surface area contributed by atoms with Gasteiger partial charge in [-0.2, -0.15) is 4.98 Å². The zero-order valence-electron chi connectivity index (χ0n) is 10.5. The number of anilines is 2. The molecule has 17 heavy (non-hydrogen) atoms. The number of hydrogen-bond acceptors (Lipinski definition) is 5. The van der Waals surface area contributed by atoms with Crippen LogP contribution in [0.5, 0.6) is 0 Å². The maximum atomic E-state index is 5.62. The molecule has 0 aliphatic carbocycles. The fourth-order valence-corrected chi connectivity index (χ4v) is 1.96. The number of rotatable bonds is 6. The lowest BCUT2D eigenvalue weighted by atomic mass is 10.2. The highest BCUT2D eigenvalue weighted by Gasteiger charge is 2.14. The van der Waals surface area contributed by atoms with E-state index >= 15 is 0 Å². The summed E-state index contributed by atoms with van der Waals surface area (Å²) in [6.45, 7) is 6.67. The minimum atomic E-state index is 0.286. The average molecular weight is 303 g/mol. The number of hydrogen-bond donors (Lipinski definition) is 1. The van der Waals surface area contributed by atoms with Crippen molar-refractivity contribution in [1.82, 2.24) is 9.97 Å². The molecule has 96 valence electrons. The van der Waals surface area contributed by atoms with Crippen LogP contribution in [0.15, 0.2) is 10.7 Å². The van der Waals surface area contributed by atoms with Crippen LogP contribution in [-0.4, -0.2) is 36.8 Å². The highest BCUT2D eigenvalue weighted by molar-refractivity contribution is 9.10. The molecule has 5 nitrogen and oxygen atoms in total. The van der Waals surface area contributed by atoms with E-state index in [9.17, 15) is 0 Å². The van der Waals surface area contributed by atoms with Gasteiger partial charge >= 0.3 is 0 Å². The van der Waals surface area contributed by atoms with Gasteiger partial charge in [0.25, 0.3) is 0 Å². The van der Waals surface area contributed by atoms with E-state index in [0.29, 0.717) is 12.5 Å². The Morgan fingerprint density at radius 1 is 1.53 bits per heavy atom. The van der Waals surface area contributed by atoms with Crippen molar-refractivity contribution < 1.29 is 4.74 Å². The summed E-state index contributed by atoms with van der Waals surface area (Å²) < 4.78 is 5.96. The van der Waals surface area contributed by atoms with Gasteiger partial charge in [0, 0.05) is 26.4 Å². The Balaban J connectivity index is 2.90. The Labute approximate surface area is 111 Å². The van der Waals surface area contributed by atoms with Crippen LogP contribution in [0, 0.1) is 5.92 Å². The quantitative estimate of drug-likeness (QED) is 0.870. The molecule has 0 aromatic carbocycles. The fraction of sp³-hybridized carbons (Fsp3) is 0.636. The van der Waals surface area contributed by atoms with Gasteiger partial charge in [-0.3, -0.25) is 0 Å². The first-order valence-electron chi connectivity index (χ1n) is 5.56. The van der Waals surface area contributed by atoms with Crippen LogP contribution >= 0.6 is 15.9 Å². The summed E-state index contributed by atoms with van der Waals surface area (Å²) in [5.41, 5.74) is 5.62. The van der Waals surface area contributed by atoms with Crippen LogP contribution in [0.3, 0.4) is 0 Å². The summed E-state index contributed by atoms with van der Waals surface area (Å²) in [4.78, 5) is 10.4. The topological polar surface area (TPSA) is 64.3 Å². The smallest absolute Gasteiger partial charge is 0.222 e. The molecule has 1 aromatic heterocycles. The lowest BCUT2D eigenvalue weighted by molar-refractivity contribution is 0.204. The van der Waals surface area contributed by atoms with Crippen LogP contribution in [0.4, 0.5) is 11.8 Å². The second-order valence-corrected chi connectivity index (χ2v) is 5.09. The number of ether oxygens (including phenoxy) is 1. The summed E-state index contributed by atoms with van der Waals surface area (Å²) in [6, 6.07) is 0. The molecule has 0 radical (unpaired) electrons. The maximum absolute atomic E-state index is 5.62. The van der Waals surface area contributed by atoms with Gasteiger partial charge in [0.05, 0.1) is 11.1 Å². The standard InChI is InChI=1S/C11H19BrN4O/c1-8(2)7-16(4-5-17-3)10-9(12)6-14-11(13)15-10/h6,8H,4-5,7H2,1-3H3,(H2,13,14,15). The number of nitrogens with two attached hydrogens (primary N) is 1. The third-order valence-corrected chi connectivity index (χ3v) is 2.75. The predicted octanol–water partition coefficient (Wildman–Crippen LogP) is 1.93. The molecular formula is C11H19BrN4O. The van der Waals surface area contributed by atoms with Crippen molar-refractivity contribution >= 4 is 27.7 Å². The molecule has 0 atom stereocenters. The number of halogens is 1. The highest BCUT2D eigenvalue weighted by Crippen LogP contribution is 2.24. The Morgan fingerprint density at radius 2 is 2.24 bits per heavy atom. The first-order valence-corrected chi connectivity index (χ1v) is 6.35. The van der Waals surface area contributed by atoms with E-state index in [1.54, 1.807) is 13.3 Å². The van der Waals surface area contributed by atoms with E-state index in [1.807, 2.05) is 0 Å². The van der Waals surface area contributed by atoms with Crippen molar-refractivity contribution in [2.45, 2.75) is 13.8 Å². The highest BCUT2D eigenvalue weighted by atomic mass is 79.9. The van der Waals surface area contributed by atoms with Crippen molar-refractivity contribution in [2.24, 2.45) is 5.92 Å². The molecule has 6 heteroatoms. The van der Waals surface area contributed by atoms with Crippen LogP contribution in [-0.2, 0) is 4.74 Å². The molecule has 1 aromatic rings. The molecular weight excluding hydrogens is 284 g/mol. The summed E-state index contributed by atoms with van der Waals surface area (Å²) >= 11 is 3.45. The van der Waals surface area contributed by atoms with Crippen LogP contribution in [0.1, 0.15) is 13.8 Å². The first kappa shape index (κ1) is 14.2. The minimum absolute atomic E-state index is 0.286. The number of methoxy groups -OCH3 is 1. The largest absolute Gasteiger partial charge is 0.383 e. The van der Waals surface area contributed by atoms with E-state index < -0.39 is 0 Å². The number of aromatic nitrogens is 2. The van der Waals surface area contributed by atoms with Crippen LogP contribution < -0.4 is 10.6 Å². The van der Waals surface area contributed by atoms with Crippen LogP contribution in [0.2, 0.25) is 0 Å². The molecule has 0 bridgehead atoms.